The van der Waals surface area contributed by atoms with Crippen LogP contribution < -0.4 is 4.74 Å². The van der Waals surface area contributed by atoms with Gasteiger partial charge in [0, 0.05) is 17.5 Å². The summed E-state index contributed by atoms with van der Waals surface area (Å²) in [4.78, 5) is 12.2. The first-order valence-electron chi connectivity index (χ1n) is 10.7. The Morgan fingerprint density at radius 1 is 0.875 bits per heavy atom. The fourth-order valence-electron chi connectivity index (χ4n) is 3.30. The first kappa shape index (κ1) is 24.0. The van der Waals surface area contributed by atoms with Crippen LogP contribution in [-0.2, 0) is 9.53 Å². The molecule has 0 saturated carbocycles. The van der Waals surface area contributed by atoms with E-state index < -0.39 is 4.75 Å². The Bertz CT molecular complexity index is 989. The van der Waals surface area contributed by atoms with E-state index in [2.05, 4.69) is 42.5 Å². The van der Waals surface area contributed by atoms with Crippen LogP contribution >= 0.6 is 24.0 Å². The molecule has 0 atom stereocenters. The summed E-state index contributed by atoms with van der Waals surface area (Å²) in [5, 5.41) is 0. The molecule has 3 nitrogen and oxygen atoms in total. The quantitative estimate of drug-likeness (QED) is 0.247. The Labute approximate surface area is 200 Å². The molecule has 0 bridgehead atoms. The summed E-state index contributed by atoms with van der Waals surface area (Å²) >= 11 is 6.91. The third kappa shape index (κ3) is 6.21. The zero-order chi connectivity index (χ0) is 23.0. The van der Waals surface area contributed by atoms with Crippen LogP contribution in [-0.4, -0.2) is 28.1 Å². The minimum Gasteiger partial charge on any atom is -0.492 e. The van der Waals surface area contributed by atoms with Gasteiger partial charge in [0.15, 0.2) is 0 Å². The maximum Gasteiger partial charge on any atom is 0.322 e. The number of thioether (sulfide) groups is 1. The fraction of sp³-hybridized carbons (Fsp3) is 0.259. The van der Waals surface area contributed by atoms with Crippen LogP contribution in [0.3, 0.4) is 0 Å². The minimum absolute atomic E-state index is 0.256. The smallest absolute Gasteiger partial charge is 0.322 e. The van der Waals surface area contributed by atoms with Crippen molar-refractivity contribution in [2.45, 2.75) is 31.9 Å². The number of carbonyl (C=O) groups is 1. The number of thiocarbonyl (C=S) groups is 1. The average Bonchev–Trinajstić information content (AvgIpc) is 2.80. The Balaban J connectivity index is 1.79. The Hall–Kier alpha value is -2.63. The van der Waals surface area contributed by atoms with Crippen molar-refractivity contribution in [2.24, 2.45) is 0 Å². The van der Waals surface area contributed by atoms with Crippen LogP contribution in [0.25, 0.3) is 22.3 Å². The standard InChI is InChI=1S/C27H28O3S2/c1-4-29-26(28)27(2,3)32-24(31)18-19-30-25-22(20-12-7-5-8-13-20)16-11-17-23(25)21-14-9-6-10-15-21/h5-17H,4,18-19H2,1-3H3. The molecule has 3 aromatic carbocycles. The predicted molar refractivity (Wildman–Crippen MR) is 138 cm³/mol. The molecule has 0 fully saturated rings. The van der Waals surface area contributed by atoms with Gasteiger partial charge in [-0.1, -0.05) is 91.1 Å². The van der Waals surface area contributed by atoms with Crippen molar-refractivity contribution in [1.29, 1.82) is 0 Å². The summed E-state index contributed by atoms with van der Waals surface area (Å²) in [6, 6.07) is 26.7. The summed E-state index contributed by atoms with van der Waals surface area (Å²) in [6.07, 6.45) is 0.556. The van der Waals surface area contributed by atoms with Gasteiger partial charge < -0.3 is 9.47 Å². The zero-order valence-electron chi connectivity index (χ0n) is 18.7. The van der Waals surface area contributed by atoms with Crippen LogP contribution in [0.5, 0.6) is 5.75 Å². The molecule has 0 saturated heterocycles. The molecule has 0 radical (unpaired) electrons. The molecule has 166 valence electrons. The van der Waals surface area contributed by atoms with Crippen molar-refractivity contribution in [2.75, 3.05) is 13.2 Å². The van der Waals surface area contributed by atoms with Crippen molar-refractivity contribution < 1.29 is 14.3 Å². The number of carbonyl (C=O) groups excluding carboxylic acids is 1. The van der Waals surface area contributed by atoms with Gasteiger partial charge in [0.25, 0.3) is 0 Å². The highest BCUT2D eigenvalue weighted by molar-refractivity contribution is 8.24. The molecule has 0 N–H and O–H groups in total. The first-order valence-corrected chi connectivity index (χ1v) is 11.9. The van der Waals surface area contributed by atoms with E-state index in [0.29, 0.717) is 19.6 Å². The summed E-state index contributed by atoms with van der Waals surface area (Å²) in [5.74, 6) is 0.580. The molecule has 0 aliphatic heterocycles. The Morgan fingerprint density at radius 3 is 1.91 bits per heavy atom. The highest BCUT2D eigenvalue weighted by atomic mass is 32.2. The lowest BCUT2D eigenvalue weighted by molar-refractivity contribution is -0.145. The maximum atomic E-state index is 12.2. The van der Waals surface area contributed by atoms with Gasteiger partial charge in [0.05, 0.1) is 17.4 Å². The molecular weight excluding hydrogens is 436 g/mol. The van der Waals surface area contributed by atoms with E-state index in [1.165, 1.54) is 11.8 Å². The fourth-order valence-corrected chi connectivity index (χ4v) is 4.91. The third-order valence-corrected chi connectivity index (χ3v) is 6.44. The lowest BCUT2D eigenvalue weighted by atomic mass is 9.97. The number of para-hydroxylation sites is 1. The molecule has 0 aliphatic carbocycles. The van der Waals surface area contributed by atoms with E-state index >= 15 is 0 Å². The van der Waals surface area contributed by atoms with Crippen LogP contribution in [0.15, 0.2) is 78.9 Å². The summed E-state index contributed by atoms with van der Waals surface area (Å²) in [6.45, 7) is 6.26. The van der Waals surface area contributed by atoms with Crippen LogP contribution in [0.4, 0.5) is 0 Å². The van der Waals surface area contributed by atoms with Gasteiger partial charge in [-0.05, 0) is 31.9 Å². The molecule has 0 amide bonds. The Kier molecular flexibility index (Phi) is 8.48. The molecule has 5 heteroatoms. The van der Waals surface area contributed by atoms with Crippen molar-refractivity contribution in [3.05, 3.63) is 78.9 Å². The van der Waals surface area contributed by atoms with Crippen molar-refractivity contribution >= 4 is 34.1 Å². The van der Waals surface area contributed by atoms with Gasteiger partial charge >= 0.3 is 5.97 Å². The van der Waals surface area contributed by atoms with Crippen molar-refractivity contribution in [1.82, 2.24) is 0 Å². The lowest BCUT2D eigenvalue weighted by Crippen LogP contribution is -2.31. The second-order valence-corrected chi connectivity index (χ2v) is 10.2. The molecule has 3 rings (SSSR count). The van der Waals surface area contributed by atoms with Gasteiger partial charge in [-0.15, -0.1) is 11.8 Å². The van der Waals surface area contributed by atoms with Crippen LogP contribution in [0.2, 0.25) is 0 Å². The molecule has 32 heavy (non-hydrogen) atoms. The molecule has 0 heterocycles. The van der Waals surface area contributed by atoms with E-state index in [1.54, 1.807) is 6.92 Å². The van der Waals surface area contributed by atoms with Crippen LogP contribution in [0.1, 0.15) is 27.2 Å². The molecule has 0 unspecified atom stereocenters. The van der Waals surface area contributed by atoms with E-state index in [-0.39, 0.29) is 5.97 Å². The summed E-state index contributed by atoms with van der Waals surface area (Å²) in [5.41, 5.74) is 4.27. The second-order valence-electron chi connectivity index (χ2n) is 7.72. The van der Waals surface area contributed by atoms with E-state index in [9.17, 15) is 4.79 Å². The van der Waals surface area contributed by atoms with Gasteiger partial charge in [-0.2, -0.15) is 0 Å². The summed E-state index contributed by atoms with van der Waals surface area (Å²) < 4.78 is 11.5. The monoisotopic (exact) mass is 464 g/mol. The van der Waals surface area contributed by atoms with E-state index in [1.807, 2.05) is 50.2 Å². The highest BCUT2D eigenvalue weighted by Crippen LogP contribution is 2.39. The number of rotatable bonds is 9. The number of benzene rings is 3. The van der Waals surface area contributed by atoms with Crippen molar-refractivity contribution in [3.63, 3.8) is 0 Å². The van der Waals surface area contributed by atoms with Gasteiger partial charge in [-0.25, -0.2) is 0 Å². The molecular formula is C27H28O3S2. The number of hydrogen-bond donors (Lipinski definition) is 0. The third-order valence-electron chi connectivity index (χ3n) is 4.87. The first-order chi connectivity index (χ1) is 15.4. The minimum atomic E-state index is -0.718. The van der Waals surface area contributed by atoms with Crippen LogP contribution in [0, 0.1) is 0 Å². The number of esters is 1. The molecule has 0 aliphatic rings. The highest BCUT2D eigenvalue weighted by Gasteiger charge is 2.31. The average molecular weight is 465 g/mol. The summed E-state index contributed by atoms with van der Waals surface area (Å²) in [7, 11) is 0. The second kappa shape index (κ2) is 11.3. The molecule has 3 aromatic rings. The Morgan fingerprint density at radius 2 is 1.41 bits per heavy atom. The SMILES string of the molecule is CCOC(=O)C(C)(C)SC(=S)CCOc1c(-c2ccccc2)cccc1-c1ccccc1. The number of ether oxygens (including phenoxy) is 2. The van der Waals surface area contributed by atoms with E-state index in [4.69, 9.17) is 21.7 Å². The zero-order valence-corrected chi connectivity index (χ0v) is 20.3. The van der Waals surface area contributed by atoms with Gasteiger partial charge in [-0.3, -0.25) is 4.79 Å². The topological polar surface area (TPSA) is 35.5 Å². The normalized spacial score (nSPS) is 11.1. The largest absolute Gasteiger partial charge is 0.492 e. The maximum absolute atomic E-state index is 12.2. The molecule has 0 aromatic heterocycles. The number of hydrogen-bond acceptors (Lipinski definition) is 5. The van der Waals surface area contributed by atoms with Gasteiger partial charge in [0.1, 0.15) is 10.5 Å². The van der Waals surface area contributed by atoms with Gasteiger partial charge in [0.2, 0.25) is 0 Å². The predicted octanol–water partition coefficient (Wildman–Crippen LogP) is 7.19. The lowest BCUT2D eigenvalue weighted by Gasteiger charge is -2.22. The molecule has 0 spiro atoms. The van der Waals surface area contributed by atoms with Crippen molar-refractivity contribution in [3.8, 4) is 28.0 Å². The van der Waals surface area contributed by atoms with E-state index in [0.717, 1.165) is 32.2 Å².